The molecule has 0 heterocycles. The molecule has 23 heavy (non-hydrogen) atoms. The number of rotatable bonds is 4. The lowest BCUT2D eigenvalue weighted by molar-refractivity contribution is -0.138. The minimum Gasteiger partial charge on any atom is -0.458 e. The van der Waals surface area contributed by atoms with E-state index in [9.17, 15) is 4.79 Å². The lowest BCUT2D eigenvalue weighted by Crippen LogP contribution is -2.00. The molecule has 0 amide bonds. The summed E-state index contributed by atoms with van der Waals surface area (Å²) in [6.07, 6.45) is 3.24. The fourth-order valence-corrected chi connectivity index (χ4v) is 2.46. The van der Waals surface area contributed by atoms with Crippen LogP contribution in [0.3, 0.4) is 0 Å². The van der Waals surface area contributed by atoms with Crippen molar-refractivity contribution in [2.45, 2.75) is 6.61 Å². The average molecular weight is 323 g/mol. The lowest BCUT2D eigenvalue weighted by Gasteiger charge is -2.03. The van der Waals surface area contributed by atoms with Gasteiger partial charge < -0.3 is 4.74 Å². The molecule has 114 valence electrons. The van der Waals surface area contributed by atoms with Crippen molar-refractivity contribution in [1.82, 2.24) is 0 Å². The van der Waals surface area contributed by atoms with E-state index in [-0.39, 0.29) is 12.6 Å². The Hall–Kier alpha value is -2.58. The van der Waals surface area contributed by atoms with Crippen LogP contribution in [0.1, 0.15) is 11.1 Å². The number of hydrogen-bond acceptors (Lipinski definition) is 2. The lowest BCUT2D eigenvalue weighted by atomic mass is 10.0. The Morgan fingerprint density at radius 2 is 1.70 bits per heavy atom. The molecule has 0 N–H and O–H groups in total. The molecule has 3 rings (SSSR count). The average Bonchev–Trinajstić information content (AvgIpc) is 2.59. The van der Waals surface area contributed by atoms with Crippen molar-refractivity contribution in [1.29, 1.82) is 0 Å². The van der Waals surface area contributed by atoms with E-state index in [0.717, 1.165) is 21.9 Å². The highest BCUT2D eigenvalue weighted by atomic mass is 35.5. The molecule has 0 spiro atoms. The Balaban J connectivity index is 1.67. The van der Waals surface area contributed by atoms with E-state index in [1.54, 1.807) is 18.2 Å². The Morgan fingerprint density at radius 3 is 2.52 bits per heavy atom. The van der Waals surface area contributed by atoms with Crippen LogP contribution in [0.25, 0.3) is 16.8 Å². The summed E-state index contributed by atoms with van der Waals surface area (Å²) in [4.78, 5) is 11.9. The Kier molecular flexibility index (Phi) is 4.74. The topological polar surface area (TPSA) is 26.3 Å². The summed E-state index contributed by atoms with van der Waals surface area (Å²) in [5.74, 6) is -0.368. The van der Waals surface area contributed by atoms with Gasteiger partial charge in [-0.2, -0.15) is 0 Å². The summed E-state index contributed by atoms with van der Waals surface area (Å²) in [5.41, 5.74) is 1.90. The van der Waals surface area contributed by atoms with E-state index in [1.165, 1.54) is 6.08 Å². The highest BCUT2D eigenvalue weighted by molar-refractivity contribution is 6.30. The van der Waals surface area contributed by atoms with E-state index in [0.29, 0.717) is 5.02 Å². The van der Waals surface area contributed by atoms with Crippen LogP contribution in [-0.2, 0) is 16.1 Å². The minimum atomic E-state index is -0.368. The van der Waals surface area contributed by atoms with Gasteiger partial charge in [-0.1, -0.05) is 66.2 Å². The van der Waals surface area contributed by atoms with Crippen LogP contribution in [0.2, 0.25) is 5.02 Å². The van der Waals surface area contributed by atoms with Gasteiger partial charge >= 0.3 is 5.97 Å². The maximum absolute atomic E-state index is 11.9. The second-order valence-electron chi connectivity index (χ2n) is 5.14. The molecule has 3 aromatic rings. The monoisotopic (exact) mass is 322 g/mol. The largest absolute Gasteiger partial charge is 0.458 e. The molecule has 3 heteroatoms. The van der Waals surface area contributed by atoms with Crippen molar-refractivity contribution in [2.75, 3.05) is 0 Å². The fraction of sp³-hybridized carbons (Fsp3) is 0.0500. The van der Waals surface area contributed by atoms with Gasteiger partial charge in [0.05, 0.1) is 0 Å². The van der Waals surface area contributed by atoms with Crippen molar-refractivity contribution in [3.8, 4) is 0 Å². The van der Waals surface area contributed by atoms with E-state index >= 15 is 0 Å². The summed E-state index contributed by atoms with van der Waals surface area (Å²) in [6.45, 7) is 0.232. The quantitative estimate of drug-likeness (QED) is 0.484. The number of esters is 1. The summed E-state index contributed by atoms with van der Waals surface area (Å²) in [7, 11) is 0. The van der Waals surface area contributed by atoms with Crippen molar-refractivity contribution in [3.05, 3.63) is 89.0 Å². The number of hydrogen-bond donors (Lipinski definition) is 0. The molecule has 0 bridgehead atoms. The van der Waals surface area contributed by atoms with Crippen molar-refractivity contribution >= 4 is 34.4 Å². The molecule has 3 aromatic carbocycles. The van der Waals surface area contributed by atoms with Gasteiger partial charge in [-0.05, 0) is 40.1 Å². The third kappa shape index (κ3) is 3.99. The molecule has 0 aliphatic carbocycles. The normalized spacial score (nSPS) is 11.0. The van der Waals surface area contributed by atoms with Crippen LogP contribution in [0, 0.1) is 0 Å². The molecule has 0 aromatic heterocycles. The second kappa shape index (κ2) is 7.12. The van der Waals surface area contributed by atoms with Crippen LogP contribution in [0.15, 0.2) is 72.8 Å². The first-order chi connectivity index (χ1) is 11.2. The standard InChI is InChI=1S/C20H15ClO2/c21-18-11-8-15(9-12-18)14-23-20(22)13-10-17-6-3-5-16-4-1-2-7-19(16)17/h1-13H,14H2/b13-10+. The van der Waals surface area contributed by atoms with E-state index < -0.39 is 0 Å². The third-order valence-electron chi connectivity index (χ3n) is 3.52. The van der Waals surface area contributed by atoms with Gasteiger partial charge in [0.1, 0.15) is 6.61 Å². The minimum absolute atomic E-state index is 0.232. The Bertz CT molecular complexity index is 846. The Morgan fingerprint density at radius 1 is 0.957 bits per heavy atom. The Labute approximate surface area is 140 Å². The maximum Gasteiger partial charge on any atom is 0.331 e. The predicted octanol–water partition coefficient (Wildman–Crippen LogP) is 5.25. The zero-order valence-corrected chi connectivity index (χ0v) is 13.2. The summed E-state index contributed by atoms with van der Waals surface area (Å²) >= 11 is 5.82. The highest BCUT2D eigenvalue weighted by Crippen LogP contribution is 2.19. The van der Waals surface area contributed by atoms with Gasteiger partial charge in [0, 0.05) is 11.1 Å². The van der Waals surface area contributed by atoms with Crippen molar-refractivity contribution < 1.29 is 9.53 Å². The molecule has 0 aliphatic heterocycles. The number of carbonyl (C=O) groups excluding carboxylic acids is 1. The molecular weight excluding hydrogens is 308 g/mol. The van der Waals surface area contributed by atoms with E-state index in [2.05, 4.69) is 0 Å². The molecule has 0 radical (unpaired) electrons. The molecule has 0 fully saturated rings. The first-order valence-electron chi connectivity index (χ1n) is 7.29. The van der Waals surface area contributed by atoms with Crippen molar-refractivity contribution in [2.24, 2.45) is 0 Å². The second-order valence-corrected chi connectivity index (χ2v) is 5.57. The van der Waals surface area contributed by atoms with Crippen molar-refractivity contribution in [3.63, 3.8) is 0 Å². The van der Waals surface area contributed by atoms with Crippen LogP contribution < -0.4 is 0 Å². The number of carbonyl (C=O) groups is 1. The summed E-state index contributed by atoms with van der Waals surface area (Å²) in [5, 5.41) is 2.91. The molecule has 0 saturated heterocycles. The van der Waals surface area contributed by atoms with E-state index in [4.69, 9.17) is 16.3 Å². The third-order valence-corrected chi connectivity index (χ3v) is 3.77. The number of benzene rings is 3. The van der Waals surface area contributed by atoms with Crippen LogP contribution in [0.4, 0.5) is 0 Å². The zero-order valence-electron chi connectivity index (χ0n) is 12.4. The number of ether oxygens (including phenoxy) is 1. The van der Waals surface area contributed by atoms with Gasteiger partial charge in [-0.15, -0.1) is 0 Å². The van der Waals surface area contributed by atoms with Gasteiger partial charge in [0.2, 0.25) is 0 Å². The number of fused-ring (bicyclic) bond motifs is 1. The summed E-state index contributed by atoms with van der Waals surface area (Å²) in [6, 6.07) is 21.3. The highest BCUT2D eigenvalue weighted by Gasteiger charge is 2.01. The van der Waals surface area contributed by atoms with E-state index in [1.807, 2.05) is 54.6 Å². The molecule has 2 nitrogen and oxygen atoms in total. The van der Waals surface area contributed by atoms with Gasteiger partial charge in [0.25, 0.3) is 0 Å². The first kappa shape index (κ1) is 15.3. The zero-order chi connectivity index (χ0) is 16.1. The van der Waals surface area contributed by atoms with Gasteiger partial charge in [-0.3, -0.25) is 0 Å². The maximum atomic E-state index is 11.9. The molecule has 0 unspecified atom stereocenters. The van der Waals surface area contributed by atoms with Crippen LogP contribution >= 0.6 is 11.6 Å². The molecular formula is C20H15ClO2. The SMILES string of the molecule is O=C(/C=C/c1cccc2ccccc12)OCc1ccc(Cl)cc1. The van der Waals surface area contributed by atoms with Gasteiger partial charge in [0.15, 0.2) is 0 Å². The molecule has 0 aliphatic rings. The fourth-order valence-electron chi connectivity index (χ4n) is 2.34. The molecule has 0 saturated carbocycles. The van der Waals surface area contributed by atoms with Crippen LogP contribution in [0.5, 0.6) is 0 Å². The predicted molar refractivity (Wildman–Crippen MR) is 94.2 cm³/mol. The first-order valence-corrected chi connectivity index (χ1v) is 7.67. The molecule has 0 atom stereocenters. The smallest absolute Gasteiger partial charge is 0.331 e. The summed E-state index contributed by atoms with van der Waals surface area (Å²) < 4.78 is 5.23. The van der Waals surface area contributed by atoms with Crippen LogP contribution in [-0.4, -0.2) is 5.97 Å². The number of halogens is 1. The van der Waals surface area contributed by atoms with Gasteiger partial charge in [-0.25, -0.2) is 4.79 Å².